The summed E-state index contributed by atoms with van der Waals surface area (Å²) in [5.41, 5.74) is 2.41. The number of ether oxygens (including phenoxy) is 2. The predicted octanol–water partition coefficient (Wildman–Crippen LogP) is 4.40. The molecule has 0 aliphatic rings. The number of likely N-dealkylation sites (N-methyl/N-ethyl adjacent to an activating group) is 1. The van der Waals surface area contributed by atoms with Gasteiger partial charge in [-0.25, -0.2) is 4.79 Å². The standard InChI is InChI=1S/C31H36N4O6/c1-4-5-18-35(28(36)21-32-31(39)33-24-13-11-12-23(19-24)20-30(38)40-3)26-16-9-10-17-27(26)41-22-29(37)34(2)25-14-7-6-8-15-25/h6-17,19H,4-5,18,20-22H2,1-3H3,(H2,32,33,39). The Morgan fingerprint density at radius 1 is 0.878 bits per heavy atom. The van der Waals surface area contributed by atoms with Crippen LogP contribution in [0.25, 0.3) is 0 Å². The van der Waals surface area contributed by atoms with Crippen molar-refractivity contribution in [2.75, 3.05) is 49.0 Å². The van der Waals surface area contributed by atoms with Gasteiger partial charge in [-0.1, -0.05) is 55.8 Å². The van der Waals surface area contributed by atoms with Gasteiger partial charge in [-0.2, -0.15) is 0 Å². The molecule has 0 heterocycles. The molecule has 0 fully saturated rings. The molecule has 0 saturated carbocycles. The van der Waals surface area contributed by atoms with E-state index in [1.54, 1.807) is 60.5 Å². The molecule has 0 saturated heterocycles. The van der Waals surface area contributed by atoms with Crippen LogP contribution in [0.15, 0.2) is 78.9 Å². The van der Waals surface area contributed by atoms with E-state index in [9.17, 15) is 19.2 Å². The lowest BCUT2D eigenvalue weighted by atomic mass is 10.1. The van der Waals surface area contributed by atoms with E-state index in [2.05, 4.69) is 15.4 Å². The number of hydrogen-bond acceptors (Lipinski definition) is 6. The number of para-hydroxylation sites is 3. The van der Waals surface area contributed by atoms with E-state index in [0.717, 1.165) is 18.5 Å². The van der Waals surface area contributed by atoms with Gasteiger partial charge < -0.3 is 29.9 Å². The SMILES string of the molecule is CCCCN(C(=O)CNC(=O)Nc1cccc(CC(=O)OC)c1)c1ccccc1OCC(=O)N(C)c1ccccc1. The second-order valence-electron chi connectivity index (χ2n) is 9.20. The molecule has 10 nitrogen and oxygen atoms in total. The number of benzene rings is 3. The van der Waals surface area contributed by atoms with Crippen molar-refractivity contribution in [3.8, 4) is 5.75 Å². The zero-order chi connectivity index (χ0) is 29.6. The molecular formula is C31H36N4O6. The lowest BCUT2D eigenvalue weighted by Crippen LogP contribution is -2.42. The molecule has 0 aliphatic heterocycles. The molecule has 10 heteroatoms. The Kier molecular flexibility index (Phi) is 11.7. The molecular weight excluding hydrogens is 524 g/mol. The third kappa shape index (κ3) is 9.38. The van der Waals surface area contributed by atoms with Crippen LogP contribution in [0, 0.1) is 0 Å². The number of carbonyl (C=O) groups excluding carboxylic acids is 4. The number of unbranched alkanes of at least 4 members (excludes halogenated alkanes) is 1. The zero-order valence-corrected chi connectivity index (χ0v) is 23.6. The van der Waals surface area contributed by atoms with Crippen LogP contribution in [0.5, 0.6) is 5.75 Å². The molecule has 0 aliphatic carbocycles. The molecule has 0 bridgehead atoms. The lowest BCUT2D eigenvalue weighted by Gasteiger charge is -2.25. The van der Waals surface area contributed by atoms with Crippen LogP contribution in [-0.4, -0.2) is 57.7 Å². The van der Waals surface area contributed by atoms with Crippen LogP contribution in [0.3, 0.4) is 0 Å². The maximum absolute atomic E-state index is 13.3. The van der Waals surface area contributed by atoms with E-state index in [1.165, 1.54) is 12.0 Å². The number of anilines is 3. The van der Waals surface area contributed by atoms with Crippen LogP contribution in [0.4, 0.5) is 21.9 Å². The first-order valence-corrected chi connectivity index (χ1v) is 13.4. The maximum Gasteiger partial charge on any atom is 0.319 e. The Labute approximate surface area is 240 Å². The van der Waals surface area contributed by atoms with Crippen molar-refractivity contribution >= 4 is 40.9 Å². The van der Waals surface area contributed by atoms with Gasteiger partial charge in [0.1, 0.15) is 5.75 Å². The molecule has 0 spiro atoms. The summed E-state index contributed by atoms with van der Waals surface area (Å²) in [6, 6.07) is 22.5. The van der Waals surface area contributed by atoms with Gasteiger partial charge in [0, 0.05) is 25.0 Å². The van der Waals surface area contributed by atoms with Crippen LogP contribution in [0.2, 0.25) is 0 Å². The normalized spacial score (nSPS) is 10.3. The Balaban J connectivity index is 1.64. The van der Waals surface area contributed by atoms with Gasteiger partial charge in [-0.15, -0.1) is 0 Å². The summed E-state index contributed by atoms with van der Waals surface area (Å²) in [6.45, 7) is 1.95. The third-order valence-electron chi connectivity index (χ3n) is 6.22. The van der Waals surface area contributed by atoms with Crippen LogP contribution < -0.4 is 25.2 Å². The number of nitrogens with zero attached hydrogens (tertiary/aromatic N) is 2. The number of methoxy groups -OCH3 is 1. The molecule has 0 aromatic heterocycles. The first-order valence-electron chi connectivity index (χ1n) is 13.4. The van der Waals surface area contributed by atoms with Gasteiger partial charge in [0.05, 0.1) is 25.8 Å². The number of esters is 1. The van der Waals surface area contributed by atoms with E-state index in [-0.39, 0.29) is 37.4 Å². The molecule has 41 heavy (non-hydrogen) atoms. The fourth-order valence-corrected chi connectivity index (χ4v) is 3.95. The van der Waals surface area contributed by atoms with Crippen LogP contribution in [-0.2, 0) is 25.5 Å². The second kappa shape index (κ2) is 15.7. The van der Waals surface area contributed by atoms with Crippen molar-refractivity contribution in [3.63, 3.8) is 0 Å². The lowest BCUT2D eigenvalue weighted by molar-refractivity contribution is -0.139. The highest BCUT2D eigenvalue weighted by molar-refractivity contribution is 5.99. The summed E-state index contributed by atoms with van der Waals surface area (Å²) in [5.74, 6) is -0.580. The summed E-state index contributed by atoms with van der Waals surface area (Å²) in [7, 11) is 2.99. The van der Waals surface area contributed by atoms with Gasteiger partial charge in [-0.05, 0) is 48.4 Å². The average Bonchev–Trinajstić information content (AvgIpc) is 2.99. The minimum atomic E-state index is -0.567. The maximum atomic E-state index is 13.3. The van der Waals surface area contributed by atoms with Crippen LogP contribution >= 0.6 is 0 Å². The summed E-state index contributed by atoms with van der Waals surface area (Å²) in [4.78, 5) is 53.2. The molecule has 2 N–H and O–H groups in total. The number of amides is 4. The number of carbonyl (C=O) groups is 4. The van der Waals surface area contributed by atoms with E-state index >= 15 is 0 Å². The van der Waals surface area contributed by atoms with Gasteiger partial charge in [0.2, 0.25) is 5.91 Å². The highest BCUT2D eigenvalue weighted by Crippen LogP contribution is 2.29. The summed E-state index contributed by atoms with van der Waals surface area (Å²) in [5, 5.41) is 5.28. The summed E-state index contributed by atoms with van der Waals surface area (Å²) >= 11 is 0. The number of nitrogens with one attached hydrogen (secondary N) is 2. The fraction of sp³-hybridized carbons (Fsp3) is 0.290. The quantitative estimate of drug-likeness (QED) is 0.299. The Bertz CT molecular complexity index is 1330. The number of rotatable bonds is 13. The fourth-order valence-electron chi connectivity index (χ4n) is 3.95. The summed E-state index contributed by atoms with van der Waals surface area (Å²) < 4.78 is 10.6. The van der Waals surface area contributed by atoms with Crippen LogP contribution in [0.1, 0.15) is 25.3 Å². The Hall–Kier alpha value is -4.86. The van der Waals surface area contributed by atoms with Gasteiger partial charge in [0.15, 0.2) is 6.61 Å². The molecule has 3 aromatic carbocycles. The van der Waals surface area contributed by atoms with Crippen molar-refractivity contribution in [1.29, 1.82) is 0 Å². The first-order chi connectivity index (χ1) is 19.8. The molecule has 4 amide bonds. The number of hydrogen-bond donors (Lipinski definition) is 2. The molecule has 0 radical (unpaired) electrons. The van der Waals surface area contributed by atoms with Gasteiger partial charge in [0.25, 0.3) is 5.91 Å². The average molecular weight is 561 g/mol. The van der Waals surface area contributed by atoms with Crippen molar-refractivity contribution in [1.82, 2.24) is 5.32 Å². The molecule has 0 unspecified atom stereocenters. The minimum absolute atomic E-state index is 0.0775. The highest BCUT2D eigenvalue weighted by Gasteiger charge is 2.21. The third-order valence-corrected chi connectivity index (χ3v) is 6.22. The van der Waals surface area contributed by atoms with Crippen molar-refractivity contribution < 1.29 is 28.7 Å². The molecule has 3 aromatic rings. The predicted molar refractivity (Wildman–Crippen MR) is 158 cm³/mol. The Morgan fingerprint density at radius 2 is 1.61 bits per heavy atom. The van der Waals surface area contributed by atoms with E-state index in [4.69, 9.17) is 4.74 Å². The topological polar surface area (TPSA) is 117 Å². The van der Waals surface area contributed by atoms with Crippen molar-refractivity contribution in [3.05, 3.63) is 84.4 Å². The Morgan fingerprint density at radius 3 is 2.34 bits per heavy atom. The van der Waals surface area contributed by atoms with Crippen molar-refractivity contribution in [2.24, 2.45) is 0 Å². The summed E-state index contributed by atoms with van der Waals surface area (Å²) in [6.07, 6.45) is 1.66. The largest absolute Gasteiger partial charge is 0.482 e. The van der Waals surface area contributed by atoms with Gasteiger partial charge in [-0.3, -0.25) is 14.4 Å². The van der Waals surface area contributed by atoms with E-state index in [1.807, 2.05) is 37.3 Å². The molecule has 216 valence electrons. The first kappa shape index (κ1) is 30.7. The van der Waals surface area contributed by atoms with E-state index < -0.39 is 6.03 Å². The zero-order valence-electron chi connectivity index (χ0n) is 23.6. The van der Waals surface area contributed by atoms with Gasteiger partial charge >= 0.3 is 12.0 Å². The molecule has 3 rings (SSSR count). The van der Waals surface area contributed by atoms with E-state index in [0.29, 0.717) is 29.2 Å². The second-order valence-corrected chi connectivity index (χ2v) is 9.20. The minimum Gasteiger partial charge on any atom is -0.482 e. The highest BCUT2D eigenvalue weighted by atomic mass is 16.5. The molecule has 0 atom stereocenters. The number of urea groups is 1. The smallest absolute Gasteiger partial charge is 0.319 e. The monoisotopic (exact) mass is 560 g/mol. The van der Waals surface area contributed by atoms with Crippen molar-refractivity contribution in [2.45, 2.75) is 26.2 Å².